The molecule has 1 aliphatic rings. The van der Waals surface area contributed by atoms with E-state index >= 15 is 0 Å². The number of hydrogen-bond donors (Lipinski definition) is 0. The van der Waals surface area contributed by atoms with Gasteiger partial charge in [-0.05, 0) is 49.5 Å². The number of allylic oxidation sites excluding steroid dienone is 3. The Bertz CT molecular complexity index is 543. The van der Waals surface area contributed by atoms with Gasteiger partial charge in [0.25, 0.3) is 0 Å². The van der Waals surface area contributed by atoms with E-state index in [2.05, 4.69) is 39.7 Å². The Morgan fingerprint density at radius 2 is 2.00 bits per heavy atom. The van der Waals surface area contributed by atoms with Gasteiger partial charge in [0, 0.05) is 0 Å². The summed E-state index contributed by atoms with van der Waals surface area (Å²) in [6, 6.07) is 0. The van der Waals surface area contributed by atoms with Gasteiger partial charge in [-0.25, -0.2) is 4.79 Å². The number of esters is 1. The van der Waals surface area contributed by atoms with E-state index in [9.17, 15) is 4.79 Å². The van der Waals surface area contributed by atoms with Crippen molar-refractivity contribution < 1.29 is 9.53 Å². The Balaban J connectivity index is 2.96. The van der Waals surface area contributed by atoms with E-state index in [1.54, 1.807) is 0 Å². The van der Waals surface area contributed by atoms with Gasteiger partial charge < -0.3 is 4.74 Å². The van der Waals surface area contributed by atoms with Crippen LogP contribution in [0, 0.1) is 23.7 Å². The van der Waals surface area contributed by atoms with Gasteiger partial charge in [-0.3, -0.25) is 0 Å². The maximum atomic E-state index is 12.2. The molecule has 0 bridgehead atoms. The maximum Gasteiger partial charge on any atom is 0.346 e. The first kappa shape index (κ1) is 21.6. The van der Waals surface area contributed by atoms with Crippen LogP contribution in [0.3, 0.4) is 0 Å². The summed E-state index contributed by atoms with van der Waals surface area (Å²) in [4.78, 5) is 12.2. The minimum atomic E-state index is -0.359. The SMILES string of the molecule is C#C/C(C(=O)OCC)=C1/C=C(CCC(CC)CCCC)CC(C)(C)C1. The third-order valence-corrected chi connectivity index (χ3v) is 5.11. The number of carbonyl (C=O) groups excluding carboxylic acids is 1. The molecule has 0 aromatic rings. The van der Waals surface area contributed by atoms with Crippen LogP contribution in [0.4, 0.5) is 0 Å². The number of carbonyl (C=O) groups is 1. The monoisotopic (exact) mass is 344 g/mol. The quantitative estimate of drug-likeness (QED) is 0.282. The molecule has 1 atom stereocenters. The fourth-order valence-corrected chi connectivity index (χ4v) is 3.78. The summed E-state index contributed by atoms with van der Waals surface area (Å²) in [5, 5.41) is 0. The van der Waals surface area contributed by atoms with Crippen LogP contribution in [-0.2, 0) is 9.53 Å². The lowest BCUT2D eigenvalue weighted by atomic mass is 9.73. The molecule has 1 aliphatic carbocycles. The molecule has 2 nitrogen and oxygen atoms in total. The zero-order chi connectivity index (χ0) is 18.9. The molecule has 0 heterocycles. The molecule has 0 spiro atoms. The van der Waals surface area contributed by atoms with Crippen molar-refractivity contribution in [3.05, 3.63) is 22.8 Å². The van der Waals surface area contributed by atoms with Gasteiger partial charge in [0.05, 0.1) is 6.61 Å². The smallest absolute Gasteiger partial charge is 0.346 e. The van der Waals surface area contributed by atoms with Crippen molar-refractivity contribution in [2.75, 3.05) is 6.61 Å². The molecule has 0 fully saturated rings. The Labute approximate surface area is 155 Å². The molecule has 25 heavy (non-hydrogen) atoms. The highest BCUT2D eigenvalue weighted by Crippen LogP contribution is 2.41. The molecule has 0 saturated heterocycles. The van der Waals surface area contributed by atoms with E-state index in [4.69, 9.17) is 11.2 Å². The van der Waals surface area contributed by atoms with Crippen LogP contribution in [0.15, 0.2) is 22.8 Å². The van der Waals surface area contributed by atoms with Crippen LogP contribution in [0.2, 0.25) is 0 Å². The van der Waals surface area contributed by atoms with Crippen molar-refractivity contribution in [3.8, 4) is 12.3 Å². The van der Waals surface area contributed by atoms with Crippen molar-refractivity contribution in [1.29, 1.82) is 0 Å². The van der Waals surface area contributed by atoms with E-state index in [1.165, 1.54) is 37.7 Å². The summed E-state index contributed by atoms with van der Waals surface area (Å²) in [6.45, 7) is 11.2. The van der Waals surface area contributed by atoms with Gasteiger partial charge in [-0.1, -0.05) is 70.9 Å². The standard InChI is InChI=1S/C23H36O2/c1-7-11-12-18(8-2)13-14-19-15-20(17-23(5,6)16-19)21(9-3)22(24)25-10-4/h3,15,18H,7-8,10-14,16-17H2,1-2,4-6H3/b21-20+. The normalized spacial score (nSPS) is 19.6. The van der Waals surface area contributed by atoms with Crippen molar-refractivity contribution in [2.45, 2.75) is 86.0 Å². The van der Waals surface area contributed by atoms with Gasteiger partial charge in [0.1, 0.15) is 5.57 Å². The van der Waals surface area contributed by atoms with Crippen LogP contribution in [0.25, 0.3) is 0 Å². The third kappa shape index (κ3) is 7.10. The van der Waals surface area contributed by atoms with Crippen LogP contribution in [-0.4, -0.2) is 12.6 Å². The number of hydrogen-bond acceptors (Lipinski definition) is 2. The second-order valence-corrected chi connectivity index (χ2v) is 8.04. The summed E-state index contributed by atoms with van der Waals surface area (Å²) < 4.78 is 5.14. The van der Waals surface area contributed by atoms with Gasteiger partial charge in [-0.15, -0.1) is 6.42 Å². The Morgan fingerprint density at radius 3 is 2.56 bits per heavy atom. The largest absolute Gasteiger partial charge is 0.462 e. The first-order valence-electron chi connectivity index (χ1n) is 9.93. The van der Waals surface area contributed by atoms with E-state index in [-0.39, 0.29) is 11.4 Å². The lowest BCUT2D eigenvalue weighted by molar-refractivity contribution is -0.138. The predicted molar refractivity (Wildman–Crippen MR) is 106 cm³/mol. The molecule has 0 radical (unpaired) electrons. The summed E-state index contributed by atoms with van der Waals surface area (Å²) in [5.74, 6) is 3.02. The number of terminal acetylenes is 1. The molecule has 0 saturated carbocycles. The van der Waals surface area contributed by atoms with Crippen LogP contribution < -0.4 is 0 Å². The summed E-state index contributed by atoms with van der Waals surface area (Å²) in [6.07, 6.45) is 17.2. The molecular formula is C23H36O2. The summed E-state index contributed by atoms with van der Waals surface area (Å²) >= 11 is 0. The highest BCUT2D eigenvalue weighted by molar-refractivity contribution is 5.94. The van der Waals surface area contributed by atoms with Crippen molar-refractivity contribution in [2.24, 2.45) is 11.3 Å². The molecular weight excluding hydrogens is 308 g/mol. The molecule has 140 valence electrons. The molecule has 0 N–H and O–H groups in total. The third-order valence-electron chi connectivity index (χ3n) is 5.11. The van der Waals surface area contributed by atoms with Gasteiger partial charge >= 0.3 is 5.97 Å². The number of rotatable bonds is 9. The Morgan fingerprint density at radius 1 is 1.28 bits per heavy atom. The minimum Gasteiger partial charge on any atom is -0.462 e. The van der Waals surface area contributed by atoms with E-state index < -0.39 is 0 Å². The topological polar surface area (TPSA) is 26.3 Å². The first-order chi connectivity index (χ1) is 11.9. The lowest BCUT2D eigenvalue weighted by Gasteiger charge is -2.32. The first-order valence-corrected chi connectivity index (χ1v) is 9.93. The van der Waals surface area contributed by atoms with E-state index in [0.717, 1.165) is 30.8 Å². The number of unbranched alkanes of at least 4 members (excludes halogenated alkanes) is 1. The molecule has 1 unspecified atom stereocenters. The average molecular weight is 345 g/mol. The fraction of sp³-hybridized carbons (Fsp3) is 0.696. The predicted octanol–water partition coefficient (Wildman–Crippen LogP) is 6.22. The van der Waals surface area contributed by atoms with Crippen LogP contribution in [0.5, 0.6) is 0 Å². The number of ether oxygens (including phenoxy) is 1. The van der Waals surface area contributed by atoms with Gasteiger partial charge in [0.15, 0.2) is 0 Å². The Hall–Kier alpha value is -1.49. The lowest BCUT2D eigenvalue weighted by Crippen LogP contribution is -2.20. The van der Waals surface area contributed by atoms with Crippen molar-refractivity contribution in [3.63, 3.8) is 0 Å². The average Bonchev–Trinajstić information content (AvgIpc) is 2.54. The minimum absolute atomic E-state index is 0.138. The molecule has 2 heteroatoms. The second kappa shape index (κ2) is 10.5. The highest BCUT2D eigenvalue weighted by atomic mass is 16.5. The fourth-order valence-electron chi connectivity index (χ4n) is 3.78. The highest BCUT2D eigenvalue weighted by Gasteiger charge is 2.28. The summed E-state index contributed by atoms with van der Waals surface area (Å²) in [7, 11) is 0. The molecule has 0 aromatic heterocycles. The van der Waals surface area contributed by atoms with Gasteiger partial charge in [0.2, 0.25) is 0 Å². The zero-order valence-corrected chi connectivity index (χ0v) is 16.9. The van der Waals surface area contributed by atoms with Crippen LogP contribution >= 0.6 is 0 Å². The zero-order valence-electron chi connectivity index (χ0n) is 16.9. The molecule has 0 aromatic carbocycles. The molecule has 1 rings (SSSR count). The van der Waals surface area contributed by atoms with Crippen LogP contribution in [0.1, 0.15) is 86.0 Å². The van der Waals surface area contributed by atoms with E-state index in [0.29, 0.717) is 12.2 Å². The molecule has 0 aliphatic heterocycles. The Kier molecular flexibility index (Phi) is 9.04. The van der Waals surface area contributed by atoms with E-state index in [1.807, 2.05) is 6.92 Å². The van der Waals surface area contributed by atoms with Gasteiger partial charge in [-0.2, -0.15) is 0 Å². The maximum absolute atomic E-state index is 12.2. The van der Waals surface area contributed by atoms with Crippen molar-refractivity contribution in [1.82, 2.24) is 0 Å². The summed E-state index contributed by atoms with van der Waals surface area (Å²) in [5.41, 5.74) is 2.95. The van der Waals surface area contributed by atoms with Crippen molar-refractivity contribution >= 4 is 5.97 Å². The second-order valence-electron chi connectivity index (χ2n) is 8.04. The molecule has 0 amide bonds.